The topological polar surface area (TPSA) is 63.0 Å². The van der Waals surface area contributed by atoms with E-state index in [-0.39, 0.29) is 11.0 Å². The molecule has 84 valence electrons. The number of rotatable bonds is 2. The van der Waals surface area contributed by atoms with Gasteiger partial charge in [-0.25, -0.2) is 0 Å². The van der Waals surface area contributed by atoms with E-state index in [9.17, 15) is 0 Å². The van der Waals surface area contributed by atoms with Crippen molar-refractivity contribution >= 4 is 18.2 Å². The predicted octanol–water partition coefficient (Wildman–Crippen LogP) is -0.267. The number of aryl methyl sites for hydroxylation is 1. The Bertz CT molecular complexity index is 398. The molecular formula is C13H17BO2. The van der Waals surface area contributed by atoms with Crippen LogP contribution in [0.3, 0.4) is 0 Å². The van der Waals surface area contributed by atoms with Crippen LogP contribution in [0.1, 0.15) is 5.56 Å². The van der Waals surface area contributed by atoms with Gasteiger partial charge in [-0.05, 0) is 6.92 Å². The molecule has 3 heteroatoms. The zero-order chi connectivity index (χ0) is 9.80. The second kappa shape index (κ2) is 6.83. The lowest BCUT2D eigenvalue weighted by Gasteiger charge is -2.00. The maximum Gasteiger partial charge on any atom is 0.192 e. The van der Waals surface area contributed by atoms with Crippen LogP contribution in [0.25, 0.3) is 0 Å². The molecule has 2 nitrogen and oxygen atoms in total. The minimum Gasteiger partial charge on any atom is -0.412 e. The molecule has 0 spiro atoms. The van der Waals surface area contributed by atoms with Crippen LogP contribution < -0.4 is 10.9 Å². The van der Waals surface area contributed by atoms with Crippen molar-refractivity contribution in [3.63, 3.8) is 0 Å². The van der Waals surface area contributed by atoms with Crippen molar-refractivity contribution < 1.29 is 11.0 Å². The largest absolute Gasteiger partial charge is 0.412 e. The van der Waals surface area contributed by atoms with Gasteiger partial charge in [-0.3, -0.25) is 0 Å². The van der Waals surface area contributed by atoms with Gasteiger partial charge in [-0.2, -0.15) is 0 Å². The van der Waals surface area contributed by atoms with Gasteiger partial charge in [0.05, 0.1) is 0 Å². The van der Waals surface area contributed by atoms with Crippen LogP contribution in [0.5, 0.6) is 0 Å². The Kier molecular flexibility index (Phi) is 6.15. The standard InChI is InChI=1S/C13H13B.2H2O/c1-11-7-9-13(10-8-11)14-12-5-3-2-4-6-12;;/h2-10,14H,1H3;2*1H2. The van der Waals surface area contributed by atoms with Gasteiger partial charge in [-0.1, -0.05) is 71.1 Å². The fraction of sp³-hybridized carbons (Fsp3) is 0.0769. The minimum absolute atomic E-state index is 0. The third-order valence-corrected chi connectivity index (χ3v) is 2.37. The van der Waals surface area contributed by atoms with Gasteiger partial charge in [0.2, 0.25) is 0 Å². The maximum atomic E-state index is 2.20. The van der Waals surface area contributed by atoms with E-state index in [4.69, 9.17) is 0 Å². The Morgan fingerprint density at radius 1 is 0.688 bits per heavy atom. The summed E-state index contributed by atoms with van der Waals surface area (Å²) in [5.41, 5.74) is 4.07. The second-order valence-corrected chi connectivity index (χ2v) is 3.65. The molecule has 0 fully saturated rings. The van der Waals surface area contributed by atoms with Gasteiger partial charge in [-0.15, -0.1) is 0 Å². The zero-order valence-corrected chi connectivity index (χ0v) is 9.40. The van der Waals surface area contributed by atoms with E-state index >= 15 is 0 Å². The molecular weight excluding hydrogens is 199 g/mol. The monoisotopic (exact) mass is 216 g/mol. The number of hydrogen-bond donors (Lipinski definition) is 0. The van der Waals surface area contributed by atoms with Crippen molar-refractivity contribution in [3.05, 3.63) is 60.2 Å². The van der Waals surface area contributed by atoms with Crippen LogP contribution in [-0.4, -0.2) is 18.2 Å². The highest BCUT2D eigenvalue weighted by atomic mass is 16.0. The number of benzene rings is 2. The van der Waals surface area contributed by atoms with Crippen LogP contribution in [0.15, 0.2) is 54.6 Å². The van der Waals surface area contributed by atoms with Crippen LogP contribution in [0.4, 0.5) is 0 Å². The smallest absolute Gasteiger partial charge is 0.192 e. The minimum atomic E-state index is 0. The first-order valence-corrected chi connectivity index (χ1v) is 4.94. The summed E-state index contributed by atoms with van der Waals surface area (Å²) in [5.74, 6) is 0. The molecule has 2 aromatic rings. The van der Waals surface area contributed by atoms with E-state index in [1.807, 2.05) is 0 Å². The Hall–Kier alpha value is -1.58. The van der Waals surface area contributed by atoms with E-state index < -0.39 is 0 Å². The van der Waals surface area contributed by atoms with E-state index in [0.717, 1.165) is 7.28 Å². The first-order chi connectivity index (χ1) is 6.84. The molecule has 0 aliphatic rings. The van der Waals surface area contributed by atoms with Gasteiger partial charge in [0.15, 0.2) is 7.28 Å². The van der Waals surface area contributed by atoms with Crippen molar-refractivity contribution in [2.45, 2.75) is 6.92 Å². The normalized spacial score (nSPS) is 8.56. The van der Waals surface area contributed by atoms with Crippen molar-refractivity contribution in [2.75, 3.05) is 0 Å². The molecule has 0 aliphatic heterocycles. The van der Waals surface area contributed by atoms with Crippen LogP contribution in [-0.2, 0) is 0 Å². The lowest BCUT2D eigenvalue weighted by atomic mass is 9.64. The van der Waals surface area contributed by atoms with Gasteiger partial charge in [0, 0.05) is 0 Å². The molecule has 0 saturated carbocycles. The second-order valence-electron chi connectivity index (χ2n) is 3.65. The Balaban J connectivity index is 0.00000112. The van der Waals surface area contributed by atoms with E-state index in [0.29, 0.717) is 0 Å². The Labute approximate surface area is 96.8 Å². The lowest BCUT2D eigenvalue weighted by molar-refractivity contribution is 0.823. The average Bonchev–Trinajstić information content (AvgIpc) is 2.23. The molecule has 0 bridgehead atoms. The van der Waals surface area contributed by atoms with Gasteiger partial charge >= 0.3 is 0 Å². The van der Waals surface area contributed by atoms with Crippen LogP contribution >= 0.6 is 0 Å². The SMILES string of the molecule is Cc1ccc(Bc2ccccc2)cc1.O.O. The average molecular weight is 216 g/mol. The highest BCUT2D eigenvalue weighted by Gasteiger charge is 1.96. The Morgan fingerprint density at radius 3 is 1.75 bits per heavy atom. The summed E-state index contributed by atoms with van der Waals surface area (Å²) in [6, 6.07) is 19.3. The molecule has 0 aliphatic carbocycles. The summed E-state index contributed by atoms with van der Waals surface area (Å²) in [6.07, 6.45) is 0. The molecule has 0 unspecified atom stereocenters. The maximum absolute atomic E-state index is 2.20. The fourth-order valence-corrected chi connectivity index (χ4v) is 1.54. The molecule has 0 radical (unpaired) electrons. The van der Waals surface area contributed by atoms with Gasteiger partial charge in [0.1, 0.15) is 0 Å². The zero-order valence-electron chi connectivity index (χ0n) is 9.40. The van der Waals surface area contributed by atoms with Crippen LogP contribution in [0, 0.1) is 6.92 Å². The van der Waals surface area contributed by atoms with E-state index in [1.54, 1.807) is 0 Å². The molecule has 4 N–H and O–H groups in total. The third kappa shape index (κ3) is 3.89. The Morgan fingerprint density at radius 2 is 1.19 bits per heavy atom. The van der Waals surface area contributed by atoms with Crippen molar-refractivity contribution in [1.82, 2.24) is 0 Å². The molecule has 0 atom stereocenters. The fourth-order valence-electron chi connectivity index (χ4n) is 1.54. The summed E-state index contributed by atoms with van der Waals surface area (Å²) in [4.78, 5) is 0. The van der Waals surface area contributed by atoms with Crippen molar-refractivity contribution in [3.8, 4) is 0 Å². The van der Waals surface area contributed by atoms with Gasteiger partial charge < -0.3 is 11.0 Å². The molecule has 0 saturated heterocycles. The molecule has 2 aromatic carbocycles. The molecule has 0 heterocycles. The van der Waals surface area contributed by atoms with Crippen LogP contribution in [0.2, 0.25) is 0 Å². The lowest BCUT2D eigenvalue weighted by Crippen LogP contribution is -2.26. The van der Waals surface area contributed by atoms with Crippen molar-refractivity contribution in [1.29, 1.82) is 0 Å². The first-order valence-electron chi connectivity index (χ1n) is 4.94. The van der Waals surface area contributed by atoms with Gasteiger partial charge in [0.25, 0.3) is 0 Å². The highest BCUT2D eigenvalue weighted by molar-refractivity contribution is 6.67. The summed E-state index contributed by atoms with van der Waals surface area (Å²) in [6.45, 7) is 2.12. The van der Waals surface area contributed by atoms with E-state index in [1.165, 1.54) is 16.5 Å². The summed E-state index contributed by atoms with van der Waals surface area (Å²) in [7, 11) is 1.03. The molecule has 16 heavy (non-hydrogen) atoms. The van der Waals surface area contributed by atoms with Crippen molar-refractivity contribution in [2.24, 2.45) is 0 Å². The van der Waals surface area contributed by atoms with E-state index in [2.05, 4.69) is 61.5 Å². The molecule has 2 rings (SSSR count). The summed E-state index contributed by atoms with van der Waals surface area (Å²) < 4.78 is 0. The number of hydrogen-bond acceptors (Lipinski definition) is 0. The third-order valence-electron chi connectivity index (χ3n) is 2.37. The molecule has 0 aromatic heterocycles. The summed E-state index contributed by atoms with van der Waals surface area (Å²) >= 11 is 0. The quantitative estimate of drug-likeness (QED) is 0.620. The summed E-state index contributed by atoms with van der Waals surface area (Å²) in [5, 5.41) is 0. The molecule has 0 amide bonds. The predicted molar refractivity (Wildman–Crippen MR) is 71.3 cm³/mol. The first kappa shape index (κ1) is 14.4. The highest BCUT2D eigenvalue weighted by Crippen LogP contribution is 1.92.